The molecule has 0 unspecified atom stereocenters. The maximum absolute atomic E-state index is 13.2. The first-order valence-electron chi connectivity index (χ1n) is 9.58. The van der Waals surface area contributed by atoms with E-state index in [2.05, 4.69) is 5.32 Å². The molecule has 0 bridgehead atoms. The minimum atomic E-state index is -0.661. The number of nitrogens with two attached hydrogens (primary N) is 1. The summed E-state index contributed by atoms with van der Waals surface area (Å²) < 4.78 is 6.73. The van der Waals surface area contributed by atoms with E-state index >= 15 is 0 Å². The zero-order valence-electron chi connectivity index (χ0n) is 16.3. The third-order valence-electron chi connectivity index (χ3n) is 5.16. The van der Waals surface area contributed by atoms with Crippen molar-refractivity contribution in [3.63, 3.8) is 0 Å². The molecule has 1 aromatic heterocycles. The number of hydrogen-bond acceptors (Lipinski definition) is 5. The van der Waals surface area contributed by atoms with Crippen LogP contribution in [-0.2, 0) is 6.54 Å². The SMILES string of the molecule is CNC(=O)c1c(C2CCC2)c(C(N)=O)cn(Cc2cccc(OCCO)c2)c1=O. The smallest absolute Gasteiger partial charge is 0.264 e. The van der Waals surface area contributed by atoms with Gasteiger partial charge in [-0.25, -0.2) is 0 Å². The van der Waals surface area contributed by atoms with Gasteiger partial charge < -0.3 is 25.5 Å². The van der Waals surface area contributed by atoms with Crippen molar-refractivity contribution in [2.24, 2.45) is 5.73 Å². The first-order chi connectivity index (χ1) is 14.0. The van der Waals surface area contributed by atoms with Gasteiger partial charge >= 0.3 is 0 Å². The quantitative estimate of drug-likeness (QED) is 0.611. The molecule has 1 fully saturated rings. The lowest BCUT2D eigenvalue weighted by Gasteiger charge is -2.29. The number of aromatic nitrogens is 1. The number of benzene rings is 1. The zero-order chi connectivity index (χ0) is 21.0. The summed E-state index contributed by atoms with van der Waals surface area (Å²) in [5.74, 6) is -0.640. The molecule has 0 aliphatic heterocycles. The van der Waals surface area contributed by atoms with Crippen molar-refractivity contribution in [3.05, 3.63) is 63.1 Å². The fraction of sp³-hybridized carbons (Fsp3) is 0.381. The van der Waals surface area contributed by atoms with Gasteiger partial charge in [0.25, 0.3) is 17.4 Å². The Labute approximate surface area is 168 Å². The molecule has 1 aliphatic carbocycles. The van der Waals surface area contributed by atoms with Crippen LogP contribution in [0.15, 0.2) is 35.3 Å². The maximum Gasteiger partial charge on any atom is 0.264 e. The summed E-state index contributed by atoms with van der Waals surface area (Å²) >= 11 is 0. The molecule has 0 radical (unpaired) electrons. The number of pyridine rings is 1. The Bertz CT molecular complexity index is 979. The molecule has 1 aromatic carbocycles. The van der Waals surface area contributed by atoms with Crippen molar-refractivity contribution in [2.45, 2.75) is 31.7 Å². The van der Waals surface area contributed by atoms with Crippen LogP contribution in [-0.4, -0.2) is 41.7 Å². The summed E-state index contributed by atoms with van der Waals surface area (Å²) in [5.41, 5.74) is 6.55. The van der Waals surface area contributed by atoms with E-state index in [1.54, 1.807) is 18.2 Å². The second kappa shape index (κ2) is 8.91. The summed E-state index contributed by atoms with van der Waals surface area (Å²) in [7, 11) is 1.45. The Balaban J connectivity index is 2.08. The number of nitrogens with zero attached hydrogens (tertiary/aromatic N) is 1. The molecular formula is C21H25N3O5. The molecule has 1 saturated carbocycles. The van der Waals surface area contributed by atoms with Crippen LogP contribution >= 0.6 is 0 Å². The average molecular weight is 399 g/mol. The summed E-state index contributed by atoms with van der Waals surface area (Å²) in [5, 5.41) is 11.4. The molecule has 1 aliphatic rings. The third-order valence-corrected chi connectivity index (χ3v) is 5.16. The van der Waals surface area contributed by atoms with E-state index in [1.807, 2.05) is 6.07 Å². The largest absolute Gasteiger partial charge is 0.491 e. The predicted molar refractivity (Wildman–Crippen MR) is 107 cm³/mol. The van der Waals surface area contributed by atoms with Crippen molar-refractivity contribution in [1.29, 1.82) is 0 Å². The molecule has 1 heterocycles. The maximum atomic E-state index is 13.2. The predicted octanol–water partition coefficient (Wildman–Crippen LogP) is 0.994. The van der Waals surface area contributed by atoms with E-state index in [1.165, 1.54) is 17.8 Å². The molecule has 0 atom stereocenters. The normalized spacial score (nSPS) is 13.6. The highest BCUT2D eigenvalue weighted by Gasteiger charge is 2.31. The Hall–Kier alpha value is -3.13. The van der Waals surface area contributed by atoms with Crippen LogP contribution in [0.2, 0.25) is 0 Å². The number of amides is 2. The van der Waals surface area contributed by atoms with E-state index in [4.69, 9.17) is 15.6 Å². The summed E-state index contributed by atoms with van der Waals surface area (Å²) in [4.78, 5) is 37.8. The highest BCUT2D eigenvalue weighted by Crippen LogP contribution is 2.39. The van der Waals surface area contributed by atoms with Crippen LogP contribution in [0.3, 0.4) is 0 Å². The first kappa shape index (κ1) is 20.6. The second-order valence-corrected chi connectivity index (χ2v) is 7.06. The third kappa shape index (κ3) is 4.32. The van der Waals surface area contributed by atoms with Crippen LogP contribution in [0.25, 0.3) is 0 Å². The lowest BCUT2D eigenvalue weighted by molar-refractivity contribution is 0.0958. The van der Waals surface area contributed by atoms with E-state index in [9.17, 15) is 14.4 Å². The van der Waals surface area contributed by atoms with Crippen LogP contribution in [0.4, 0.5) is 0 Å². The van der Waals surface area contributed by atoms with E-state index < -0.39 is 17.4 Å². The molecule has 0 saturated heterocycles. The van der Waals surface area contributed by atoms with Crippen molar-refractivity contribution < 1.29 is 19.4 Å². The van der Waals surface area contributed by atoms with Gasteiger partial charge in [0, 0.05) is 13.2 Å². The van der Waals surface area contributed by atoms with Crippen molar-refractivity contribution >= 4 is 11.8 Å². The molecule has 8 heteroatoms. The Morgan fingerprint density at radius 2 is 2.10 bits per heavy atom. The van der Waals surface area contributed by atoms with Crippen molar-refractivity contribution in [2.75, 3.05) is 20.3 Å². The summed E-state index contributed by atoms with van der Waals surface area (Å²) in [6.45, 7) is 0.195. The van der Waals surface area contributed by atoms with Crippen LogP contribution < -0.4 is 21.3 Å². The van der Waals surface area contributed by atoms with E-state index in [0.29, 0.717) is 11.3 Å². The average Bonchev–Trinajstić information content (AvgIpc) is 2.66. The topological polar surface area (TPSA) is 124 Å². The number of aliphatic hydroxyl groups is 1. The molecule has 2 amide bonds. The van der Waals surface area contributed by atoms with Crippen LogP contribution in [0, 0.1) is 0 Å². The van der Waals surface area contributed by atoms with Gasteiger partial charge in [-0.3, -0.25) is 14.4 Å². The summed E-state index contributed by atoms with van der Waals surface area (Å²) in [6, 6.07) is 7.06. The lowest BCUT2D eigenvalue weighted by Crippen LogP contribution is -2.37. The van der Waals surface area contributed by atoms with Crippen LogP contribution in [0.5, 0.6) is 5.75 Å². The highest BCUT2D eigenvalue weighted by atomic mass is 16.5. The monoisotopic (exact) mass is 399 g/mol. The molecule has 29 heavy (non-hydrogen) atoms. The molecule has 154 valence electrons. The highest BCUT2D eigenvalue weighted by molar-refractivity contribution is 6.01. The first-order valence-corrected chi connectivity index (χ1v) is 9.58. The summed E-state index contributed by atoms with van der Waals surface area (Å²) in [6.07, 6.45) is 4.07. The number of carbonyl (C=O) groups excluding carboxylic acids is 2. The fourth-order valence-electron chi connectivity index (χ4n) is 3.55. The molecule has 8 nitrogen and oxygen atoms in total. The zero-order valence-corrected chi connectivity index (χ0v) is 16.3. The number of carbonyl (C=O) groups is 2. The molecular weight excluding hydrogens is 374 g/mol. The standard InChI is InChI=1S/C21H25N3O5/c1-23-20(27)18-17(14-5-3-6-14)16(19(22)26)12-24(21(18)28)11-13-4-2-7-15(10-13)29-9-8-25/h2,4,7,10,12,14,25H,3,5-6,8-9,11H2,1H3,(H2,22,26)(H,23,27). The molecule has 0 spiro atoms. The van der Waals surface area contributed by atoms with Crippen molar-refractivity contribution in [1.82, 2.24) is 9.88 Å². The minimum absolute atomic E-state index is 0.0117. The van der Waals surface area contributed by atoms with E-state index in [0.717, 1.165) is 24.8 Å². The number of rotatable bonds is 8. The van der Waals surface area contributed by atoms with Gasteiger partial charge in [-0.15, -0.1) is 0 Å². The molecule has 2 aromatic rings. The number of primary amides is 1. The Morgan fingerprint density at radius 3 is 2.69 bits per heavy atom. The van der Waals surface area contributed by atoms with Gasteiger partial charge in [0.2, 0.25) is 0 Å². The van der Waals surface area contributed by atoms with Gasteiger partial charge in [-0.2, -0.15) is 0 Å². The minimum Gasteiger partial charge on any atom is -0.491 e. The number of hydrogen-bond donors (Lipinski definition) is 3. The van der Waals surface area contributed by atoms with Gasteiger partial charge in [0.15, 0.2) is 0 Å². The lowest BCUT2D eigenvalue weighted by atomic mass is 9.76. The van der Waals surface area contributed by atoms with Gasteiger partial charge in [-0.1, -0.05) is 18.6 Å². The van der Waals surface area contributed by atoms with Gasteiger partial charge in [-0.05, 0) is 42.0 Å². The van der Waals surface area contributed by atoms with Gasteiger partial charge in [0.05, 0.1) is 18.7 Å². The number of aliphatic hydroxyl groups excluding tert-OH is 1. The Morgan fingerprint density at radius 1 is 1.34 bits per heavy atom. The van der Waals surface area contributed by atoms with Crippen LogP contribution in [0.1, 0.15) is 57.0 Å². The van der Waals surface area contributed by atoms with E-state index in [-0.39, 0.29) is 36.8 Å². The van der Waals surface area contributed by atoms with Gasteiger partial charge in [0.1, 0.15) is 17.9 Å². The second-order valence-electron chi connectivity index (χ2n) is 7.06. The fourth-order valence-corrected chi connectivity index (χ4v) is 3.55. The number of ether oxygens (including phenoxy) is 1. The number of nitrogens with one attached hydrogen (secondary N) is 1. The molecule has 3 rings (SSSR count). The Kier molecular flexibility index (Phi) is 6.33. The van der Waals surface area contributed by atoms with Crippen molar-refractivity contribution in [3.8, 4) is 5.75 Å². The molecule has 4 N–H and O–H groups in total.